The Bertz CT molecular complexity index is 127. The molecule has 1 unspecified atom stereocenters. The second-order valence-electron chi connectivity index (χ2n) is 3.67. The van der Waals surface area contributed by atoms with Crippen molar-refractivity contribution < 1.29 is 8.85 Å². The summed E-state index contributed by atoms with van der Waals surface area (Å²) >= 11 is 0. The van der Waals surface area contributed by atoms with E-state index in [4.69, 9.17) is 8.85 Å². The predicted octanol–water partition coefficient (Wildman–Crippen LogP) is 1.80. The van der Waals surface area contributed by atoms with Gasteiger partial charge in [-0.3, -0.25) is 4.98 Å². The van der Waals surface area contributed by atoms with Gasteiger partial charge in [0.1, 0.15) is 0 Å². The standard InChI is InChI=1S/C10H25NO2Si/c1-6-10(9(4)5)11-14(12-7-2)13-8-3/h9-11,14H,6-8H2,1-5H3. The van der Waals surface area contributed by atoms with Gasteiger partial charge in [-0.1, -0.05) is 20.8 Å². The van der Waals surface area contributed by atoms with Crippen LogP contribution in [0.1, 0.15) is 41.0 Å². The van der Waals surface area contributed by atoms with E-state index in [9.17, 15) is 0 Å². The summed E-state index contributed by atoms with van der Waals surface area (Å²) in [6, 6.07) is 0.518. The summed E-state index contributed by atoms with van der Waals surface area (Å²) in [7, 11) is -1.62. The monoisotopic (exact) mass is 219 g/mol. The fourth-order valence-corrected chi connectivity index (χ4v) is 3.27. The summed E-state index contributed by atoms with van der Waals surface area (Å²) in [5.41, 5.74) is 0. The van der Waals surface area contributed by atoms with E-state index in [1.807, 2.05) is 13.8 Å². The van der Waals surface area contributed by atoms with E-state index in [0.717, 1.165) is 19.6 Å². The largest absolute Gasteiger partial charge is 0.408 e. The lowest BCUT2D eigenvalue weighted by Crippen LogP contribution is -2.48. The minimum absolute atomic E-state index is 0.518. The van der Waals surface area contributed by atoms with E-state index < -0.39 is 9.45 Å². The Morgan fingerprint density at radius 3 is 1.86 bits per heavy atom. The molecule has 1 N–H and O–H groups in total. The van der Waals surface area contributed by atoms with E-state index in [1.54, 1.807) is 0 Å². The molecule has 0 spiro atoms. The van der Waals surface area contributed by atoms with Crippen LogP contribution in [-0.2, 0) is 8.85 Å². The third kappa shape index (κ3) is 5.75. The second-order valence-corrected chi connectivity index (χ2v) is 5.33. The van der Waals surface area contributed by atoms with Gasteiger partial charge in [-0.25, -0.2) is 0 Å². The first-order chi connectivity index (χ1) is 6.65. The molecule has 1 atom stereocenters. The zero-order chi connectivity index (χ0) is 11.0. The molecule has 0 aromatic rings. The first-order valence-electron chi connectivity index (χ1n) is 5.64. The summed E-state index contributed by atoms with van der Waals surface area (Å²) in [4.78, 5) is 3.50. The highest BCUT2D eigenvalue weighted by atomic mass is 28.3. The quantitative estimate of drug-likeness (QED) is 0.632. The summed E-state index contributed by atoms with van der Waals surface area (Å²) in [5, 5.41) is 0. The van der Waals surface area contributed by atoms with Crippen LogP contribution < -0.4 is 4.98 Å². The maximum atomic E-state index is 5.57. The van der Waals surface area contributed by atoms with Crippen molar-refractivity contribution in [2.24, 2.45) is 5.92 Å². The third-order valence-corrected chi connectivity index (χ3v) is 4.20. The van der Waals surface area contributed by atoms with Gasteiger partial charge >= 0.3 is 9.45 Å². The Labute approximate surface area is 90.1 Å². The molecule has 14 heavy (non-hydrogen) atoms. The Hall–Kier alpha value is 0.0969. The normalized spacial score (nSPS) is 13.9. The Kier molecular flexibility index (Phi) is 8.47. The smallest absolute Gasteiger partial charge is 0.385 e. The Balaban J connectivity index is 3.96. The lowest BCUT2D eigenvalue weighted by molar-refractivity contribution is 0.193. The lowest BCUT2D eigenvalue weighted by atomic mass is 10.0. The zero-order valence-electron chi connectivity index (χ0n) is 10.2. The van der Waals surface area contributed by atoms with Crippen LogP contribution in [0, 0.1) is 5.92 Å². The maximum absolute atomic E-state index is 5.57. The lowest BCUT2D eigenvalue weighted by Gasteiger charge is -2.25. The molecule has 0 fully saturated rings. The zero-order valence-corrected chi connectivity index (χ0v) is 11.3. The van der Waals surface area contributed by atoms with E-state index in [-0.39, 0.29) is 0 Å². The van der Waals surface area contributed by atoms with Gasteiger partial charge in [-0.05, 0) is 26.2 Å². The fraction of sp³-hybridized carbons (Fsp3) is 1.00. The highest BCUT2D eigenvalue weighted by molar-refractivity contribution is 6.41. The highest BCUT2D eigenvalue weighted by Crippen LogP contribution is 2.06. The van der Waals surface area contributed by atoms with Crippen molar-refractivity contribution in [3.63, 3.8) is 0 Å². The molecule has 86 valence electrons. The molecule has 0 heterocycles. The van der Waals surface area contributed by atoms with E-state index in [0.29, 0.717) is 12.0 Å². The van der Waals surface area contributed by atoms with Crippen molar-refractivity contribution in [3.05, 3.63) is 0 Å². The third-order valence-electron chi connectivity index (χ3n) is 2.23. The van der Waals surface area contributed by atoms with Gasteiger partial charge in [0.05, 0.1) is 0 Å². The van der Waals surface area contributed by atoms with Crippen LogP contribution in [0.2, 0.25) is 0 Å². The molecule has 0 amide bonds. The molecule has 3 nitrogen and oxygen atoms in total. The van der Waals surface area contributed by atoms with Crippen LogP contribution in [0.4, 0.5) is 0 Å². The first kappa shape index (κ1) is 14.1. The number of hydrogen-bond acceptors (Lipinski definition) is 3. The molecule has 0 bridgehead atoms. The van der Waals surface area contributed by atoms with Gasteiger partial charge in [0.2, 0.25) is 0 Å². The molecule has 0 rings (SSSR count). The van der Waals surface area contributed by atoms with Crippen LogP contribution in [0.15, 0.2) is 0 Å². The molecule has 0 saturated carbocycles. The minimum atomic E-state index is -1.62. The average molecular weight is 219 g/mol. The molecule has 0 aromatic heterocycles. The van der Waals surface area contributed by atoms with Gasteiger partial charge in [0.25, 0.3) is 0 Å². The second kappa shape index (κ2) is 8.41. The fourth-order valence-electron chi connectivity index (χ4n) is 1.40. The van der Waals surface area contributed by atoms with Crippen LogP contribution in [0.3, 0.4) is 0 Å². The van der Waals surface area contributed by atoms with Crippen LogP contribution in [0.25, 0.3) is 0 Å². The minimum Gasteiger partial charge on any atom is -0.385 e. The van der Waals surface area contributed by atoms with Gasteiger partial charge in [-0.2, -0.15) is 0 Å². The highest BCUT2D eigenvalue weighted by Gasteiger charge is 2.19. The van der Waals surface area contributed by atoms with Crippen molar-refractivity contribution in [1.82, 2.24) is 4.98 Å². The van der Waals surface area contributed by atoms with Crippen molar-refractivity contribution >= 4 is 9.45 Å². The molecule has 0 aromatic carbocycles. The predicted molar refractivity (Wildman–Crippen MR) is 62.5 cm³/mol. The van der Waals surface area contributed by atoms with Gasteiger partial charge in [0, 0.05) is 19.3 Å². The molecule has 0 aliphatic heterocycles. The van der Waals surface area contributed by atoms with Crippen molar-refractivity contribution in [2.45, 2.75) is 47.1 Å². The van der Waals surface area contributed by atoms with Gasteiger partial charge in [0.15, 0.2) is 0 Å². The number of nitrogens with one attached hydrogen (secondary N) is 1. The first-order valence-corrected chi connectivity index (χ1v) is 7.16. The maximum Gasteiger partial charge on any atom is 0.408 e. The molecular weight excluding hydrogens is 194 g/mol. The Morgan fingerprint density at radius 2 is 1.57 bits per heavy atom. The molecule has 0 radical (unpaired) electrons. The van der Waals surface area contributed by atoms with E-state index in [2.05, 4.69) is 25.8 Å². The Morgan fingerprint density at radius 1 is 1.07 bits per heavy atom. The molecule has 0 aliphatic rings. The average Bonchev–Trinajstić information content (AvgIpc) is 2.14. The number of rotatable bonds is 8. The van der Waals surface area contributed by atoms with Crippen molar-refractivity contribution in [3.8, 4) is 0 Å². The molecule has 4 heteroatoms. The molecular formula is C10H25NO2Si. The SMILES string of the molecule is CCO[SiH](NC(CC)C(C)C)OCC. The summed E-state index contributed by atoms with van der Waals surface area (Å²) in [6.45, 7) is 12.1. The summed E-state index contributed by atoms with van der Waals surface area (Å²) in [6.07, 6.45) is 1.13. The van der Waals surface area contributed by atoms with Crippen molar-refractivity contribution in [1.29, 1.82) is 0 Å². The topological polar surface area (TPSA) is 30.5 Å². The van der Waals surface area contributed by atoms with Crippen LogP contribution >= 0.6 is 0 Å². The number of hydrogen-bond donors (Lipinski definition) is 1. The van der Waals surface area contributed by atoms with Gasteiger partial charge < -0.3 is 8.85 Å². The molecule has 0 aliphatic carbocycles. The van der Waals surface area contributed by atoms with E-state index >= 15 is 0 Å². The van der Waals surface area contributed by atoms with Gasteiger partial charge in [-0.15, -0.1) is 0 Å². The van der Waals surface area contributed by atoms with Crippen LogP contribution in [-0.4, -0.2) is 28.7 Å². The molecule has 0 saturated heterocycles. The van der Waals surface area contributed by atoms with Crippen LogP contribution in [0.5, 0.6) is 0 Å². The van der Waals surface area contributed by atoms with Crippen molar-refractivity contribution in [2.75, 3.05) is 13.2 Å². The summed E-state index contributed by atoms with van der Waals surface area (Å²) in [5.74, 6) is 0.635. The summed E-state index contributed by atoms with van der Waals surface area (Å²) < 4.78 is 11.1. The van der Waals surface area contributed by atoms with E-state index in [1.165, 1.54) is 0 Å².